The first-order valence-corrected chi connectivity index (χ1v) is 15.6. The Kier molecular flexibility index (Phi) is 7.40. The fourth-order valence-electron chi connectivity index (χ4n) is 2.45. The van der Waals surface area contributed by atoms with Crippen molar-refractivity contribution in [3.63, 3.8) is 0 Å². The van der Waals surface area contributed by atoms with Gasteiger partial charge in [-0.3, -0.25) is 0 Å². The standard InChI is InChI=1S/C19H42O5Si2/c1-13-15(20)16(21)17(23-13)14(24-26(10,11)19(5,6)7)12-22-25(8,9)18(2,3)4/h13-17,20-21H,12H2,1-11H3/t13-,14+,15?,16?,17+/m0/s1. The Labute approximate surface area is 162 Å². The molecule has 1 saturated heterocycles. The second-order valence-electron chi connectivity index (χ2n) is 10.8. The van der Waals surface area contributed by atoms with Gasteiger partial charge in [-0.05, 0) is 43.2 Å². The second kappa shape index (κ2) is 7.93. The summed E-state index contributed by atoms with van der Waals surface area (Å²) in [6.45, 7) is 24.1. The molecule has 2 N–H and O–H groups in total. The molecule has 0 saturated carbocycles. The third kappa shape index (κ3) is 5.40. The van der Waals surface area contributed by atoms with E-state index in [0.29, 0.717) is 6.61 Å². The van der Waals surface area contributed by atoms with Crippen LogP contribution in [0.1, 0.15) is 48.5 Å². The van der Waals surface area contributed by atoms with Crippen molar-refractivity contribution in [3.05, 3.63) is 0 Å². The summed E-state index contributed by atoms with van der Waals surface area (Å²) in [4.78, 5) is 0. The van der Waals surface area contributed by atoms with Crippen LogP contribution < -0.4 is 0 Å². The lowest BCUT2D eigenvalue weighted by Crippen LogP contribution is -2.53. The molecule has 0 aliphatic carbocycles. The number of aliphatic hydroxyl groups is 2. The first-order valence-electron chi connectivity index (χ1n) is 9.74. The van der Waals surface area contributed by atoms with Crippen molar-refractivity contribution < 1.29 is 23.8 Å². The third-order valence-electron chi connectivity index (χ3n) is 6.57. The van der Waals surface area contributed by atoms with Crippen molar-refractivity contribution in [1.82, 2.24) is 0 Å². The van der Waals surface area contributed by atoms with Crippen LogP contribution in [0.4, 0.5) is 0 Å². The highest BCUT2D eigenvalue weighted by Crippen LogP contribution is 2.40. The van der Waals surface area contributed by atoms with Gasteiger partial charge in [0.05, 0.1) is 18.8 Å². The molecule has 5 nitrogen and oxygen atoms in total. The molecule has 1 heterocycles. The minimum absolute atomic E-state index is 0.0377. The van der Waals surface area contributed by atoms with Crippen LogP contribution in [0, 0.1) is 0 Å². The zero-order chi connectivity index (χ0) is 20.7. The number of ether oxygens (including phenoxy) is 1. The molecule has 156 valence electrons. The van der Waals surface area contributed by atoms with Gasteiger partial charge < -0.3 is 23.8 Å². The fraction of sp³-hybridized carbons (Fsp3) is 1.00. The van der Waals surface area contributed by atoms with Gasteiger partial charge in [-0.25, -0.2) is 0 Å². The SMILES string of the molecule is C[C@@H]1O[C@H]([C@@H](CO[Si](C)(C)C(C)(C)C)O[Si](C)(C)C(C)(C)C)C(O)C1O. The van der Waals surface area contributed by atoms with Gasteiger partial charge in [0.15, 0.2) is 16.6 Å². The van der Waals surface area contributed by atoms with Crippen molar-refractivity contribution >= 4 is 16.6 Å². The van der Waals surface area contributed by atoms with Gasteiger partial charge in [0.2, 0.25) is 0 Å². The molecule has 1 aliphatic heterocycles. The average molecular weight is 407 g/mol. The Bertz CT molecular complexity index is 468. The van der Waals surface area contributed by atoms with Gasteiger partial charge in [-0.2, -0.15) is 0 Å². The Morgan fingerprint density at radius 1 is 0.885 bits per heavy atom. The number of hydrogen-bond acceptors (Lipinski definition) is 5. The summed E-state index contributed by atoms with van der Waals surface area (Å²) in [5, 5.41) is 20.8. The zero-order valence-electron chi connectivity index (χ0n) is 18.7. The Morgan fingerprint density at radius 3 is 1.69 bits per heavy atom. The van der Waals surface area contributed by atoms with Crippen molar-refractivity contribution in [3.8, 4) is 0 Å². The van der Waals surface area contributed by atoms with Crippen molar-refractivity contribution in [2.45, 2.75) is 115 Å². The Hall–Kier alpha value is 0.234. The minimum atomic E-state index is -2.09. The van der Waals surface area contributed by atoms with Gasteiger partial charge in [-0.1, -0.05) is 41.5 Å². The van der Waals surface area contributed by atoms with Crippen LogP contribution in [0.5, 0.6) is 0 Å². The van der Waals surface area contributed by atoms with Crippen molar-refractivity contribution in [1.29, 1.82) is 0 Å². The predicted octanol–water partition coefficient (Wildman–Crippen LogP) is 3.91. The average Bonchev–Trinajstić information content (AvgIpc) is 2.68. The molecule has 0 aromatic carbocycles. The molecule has 7 heteroatoms. The van der Waals surface area contributed by atoms with Crippen LogP contribution in [0.25, 0.3) is 0 Å². The number of aliphatic hydroxyl groups excluding tert-OH is 2. The minimum Gasteiger partial charge on any atom is -0.414 e. The smallest absolute Gasteiger partial charge is 0.192 e. The van der Waals surface area contributed by atoms with Crippen LogP contribution >= 0.6 is 0 Å². The lowest BCUT2D eigenvalue weighted by molar-refractivity contribution is -0.0710. The Balaban J connectivity index is 3.04. The molecule has 0 bridgehead atoms. The molecule has 0 amide bonds. The Morgan fingerprint density at radius 2 is 1.35 bits per heavy atom. The summed E-state index contributed by atoms with van der Waals surface area (Å²) >= 11 is 0. The maximum absolute atomic E-state index is 10.5. The van der Waals surface area contributed by atoms with Crippen LogP contribution in [-0.4, -0.2) is 64.0 Å². The van der Waals surface area contributed by atoms with Crippen LogP contribution in [0.15, 0.2) is 0 Å². The highest BCUT2D eigenvalue weighted by atomic mass is 28.4. The van der Waals surface area contributed by atoms with Crippen LogP contribution in [0.3, 0.4) is 0 Å². The summed E-state index contributed by atoms with van der Waals surface area (Å²) in [6.07, 6.45) is -3.21. The van der Waals surface area contributed by atoms with E-state index in [4.69, 9.17) is 13.6 Å². The van der Waals surface area contributed by atoms with Crippen molar-refractivity contribution in [2.24, 2.45) is 0 Å². The van der Waals surface area contributed by atoms with E-state index in [1.165, 1.54) is 0 Å². The lowest BCUT2D eigenvalue weighted by atomic mass is 10.1. The fourth-order valence-corrected chi connectivity index (χ4v) is 4.77. The largest absolute Gasteiger partial charge is 0.414 e. The molecule has 5 atom stereocenters. The van der Waals surface area contributed by atoms with Gasteiger partial charge in [0.25, 0.3) is 0 Å². The quantitative estimate of drug-likeness (QED) is 0.655. The monoisotopic (exact) mass is 406 g/mol. The molecule has 0 aromatic rings. The molecular weight excluding hydrogens is 364 g/mol. The van der Waals surface area contributed by atoms with Crippen molar-refractivity contribution in [2.75, 3.05) is 6.61 Å². The molecule has 26 heavy (non-hydrogen) atoms. The van der Waals surface area contributed by atoms with Gasteiger partial charge in [0, 0.05) is 0 Å². The highest BCUT2D eigenvalue weighted by Gasteiger charge is 2.49. The first kappa shape index (κ1) is 24.3. The summed E-state index contributed by atoms with van der Waals surface area (Å²) < 4.78 is 18.9. The lowest BCUT2D eigenvalue weighted by Gasteiger charge is -2.43. The van der Waals surface area contributed by atoms with E-state index in [-0.39, 0.29) is 16.2 Å². The predicted molar refractivity (Wildman–Crippen MR) is 112 cm³/mol. The normalized spacial score (nSPS) is 29.9. The highest BCUT2D eigenvalue weighted by molar-refractivity contribution is 6.74. The summed E-state index contributed by atoms with van der Waals surface area (Å²) in [5.74, 6) is 0. The van der Waals surface area contributed by atoms with Gasteiger partial charge in [0.1, 0.15) is 18.3 Å². The second-order valence-corrected chi connectivity index (χ2v) is 20.3. The number of hydrogen-bond donors (Lipinski definition) is 2. The molecule has 0 spiro atoms. The molecule has 1 aliphatic rings. The summed E-state index contributed by atoms with van der Waals surface area (Å²) in [6, 6.07) is 0. The molecular formula is C19H42O5Si2. The van der Waals surface area contributed by atoms with E-state index < -0.39 is 41.1 Å². The van der Waals surface area contributed by atoms with Crippen LogP contribution in [-0.2, 0) is 13.6 Å². The first-order chi connectivity index (χ1) is 11.4. The van der Waals surface area contributed by atoms with Gasteiger partial charge >= 0.3 is 0 Å². The number of rotatable bonds is 6. The molecule has 2 unspecified atom stereocenters. The molecule has 0 aromatic heterocycles. The molecule has 1 fully saturated rings. The summed E-state index contributed by atoms with van der Waals surface area (Å²) in [7, 11) is -4.05. The van der Waals surface area contributed by atoms with E-state index in [1.54, 1.807) is 6.92 Å². The zero-order valence-corrected chi connectivity index (χ0v) is 20.7. The van der Waals surface area contributed by atoms with Gasteiger partial charge in [-0.15, -0.1) is 0 Å². The van der Waals surface area contributed by atoms with E-state index in [9.17, 15) is 10.2 Å². The van der Waals surface area contributed by atoms with E-state index >= 15 is 0 Å². The van der Waals surface area contributed by atoms with E-state index in [1.807, 2.05) is 0 Å². The van der Waals surface area contributed by atoms with E-state index in [0.717, 1.165) is 0 Å². The molecule has 0 radical (unpaired) electrons. The molecule has 1 rings (SSSR count). The topological polar surface area (TPSA) is 68.2 Å². The maximum Gasteiger partial charge on any atom is 0.192 e. The third-order valence-corrected chi connectivity index (χ3v) is 15.6. The van der Waals surface area contributed by atoms with E-state index in [2.05, 4.69) is 67.7 Å². The maximum atomic E-state index is 10.5. The summed E-state index contributed by atoms with van der Waals surface area (Å²) in [5.41, 5.74) is 0. The van der Waals surface area contributed by atoms with Crippen LogP contribution in [0.2, 0.25) is 36.3 Å².